The molecule has 0 saturated carbocycles. The van der Waals surface area contributed by atoms with Gasteiger partial charge in [-0.2, -0.15) is 0 Å². The normalized spacial score (nSPS) is 25.6. The maximum absolute atomic E-state index is 13.9. The topological polar surface area (TPSA) is 186 Å². The molecule has 0 bridgehead atoms. The van der Waals surface area contributed by atoms with Crippen LogP contribution in [0.25, 0.3) is 11.1 Å². The molecule has 0 saturated heterocycles. The average Bonchev–Trinajstić information content (AvgIpc) is 2.90. The number of benzene rings is 2. The first-order valence-electron chi connectivity index (χ1n) is 14.0. The summed E-state index contributed by atoms with van der Waals surface area (Å²) < 4.78 is 0. The molecule has 5 rings (SSSR count). The van der Waals surface area contributed by atoms with Gasteiger partial charge in [0, 0.05) is 17.0 Å². The molecule has 226 valence electrons. The van der Waals surface area contributed by atoms with Crippen molar-refractivity contribution in [1.82, 2.24) is 10.2 Å². The molecule has 0 spiro atoms. The predicted molar refractivity (Wildman–Crippen MR) is 160 cm³/mol. The van der Waals surface area contributed by atoms with Crippen molar-refractivity contribution in [1.29, 1.82) is 0 Å². The van der Waals surface area contributed by atoms with Crippen molar-refractivity contribution in [3.63, 3.8) is 0 Å². The van der Waals surface area contributed by atoms with Gasteiger partial charge >= 0.3 is 0 Å². The maximum Gasteiger partial charge on any atom is 0.255 e. The number of nitrogens with one attached hydrogen (secondary N) is 1. The number of rotatable bonds is 5. The molecule has 0 fully saturated rings. The number of primary amides is 1. The molecule has 43 heavy (non-hydrogen) atoms. The minimum Gasteiger partial charge on any atom is -0.510 e. The number of ketones is 2. The summed E-state index contributed by atoms with van der Waals surface area (Å²) >= 11 is 0. The summed E-state index contributed by atoms with van der Waals surface area (Å²) in [4.78, 5) is 45.5. The molecule has 0 aromatic heterocycles. The standard InChI is InChI=1S/C32H36N4O7/c1-31(2,3)35-14-34-17-8-6-15(7-9-17)18-10-11-21(37)23-19(18)12-16-13-20-25(36(4)5)27(39)24(30(33)42)29(41)32(20,43)28(40)22(16)26(23)38/h6-11,14,16,20,25,37,39-40,43H,12-13H2,1-5H3,(H2,33,42)(H,34,35)/t16-,20-,25-,32-/m0/s1. The van der Waals surface area contributed by atoms with Gasteiger partial charge in [0.05, 0.1) is 23.6 Å². The Balaban J connectivity index is 1.59. The van der Waals surface area contributed by atoms with Crippen molar-refractivity contribution >= 4 is 29.5 Å². The molecule has 7 N–H and O–H groups in total. The second-order valence-corrected chi connectivity index (χ2v) is 12.6. The Kier molecular flexibility index (Phi) is 7.22. The van der Waals surface area contributed by atoms with E-state index in [-0.39, 0.29) is 35.3 Å². The van der Waals surface area contributed by atoms with E-state index in [1.165, 1.54) is 11.0 Å². The molecule has 0 unspecified atom stereocenters. The molecule has 11 heteroatoms. The van der Waals surface area contributed by atoms with Gasteiger partial charge in [-0.25, -0.2) is 4.99 Å². The third kappa shape index (κ3) is 4.78. The number of allylic oxidation sites excluding steroid dienone is 1. The number of fused-ring (bicyclic) bond motifs is 3. The molecule has 0 aliphatic heterocycles. The Labute approximate surface area is 249 Å². The summed E-state index contributed by atoms with van der Waals surface area (Å²) in [5.41, 5.74) is 4.28. The van der Waals surface area contributed by atoms with E-state index >= 15 is 0 Å². The average molecular weight is 589 g/mol. The molecule has 2 aromatic carbocycles. The first kappa shape index (κ1) is 30.0. The van der Waals surface area contributed by atoms with Crippen LogP contribution in [0.4, 0.5) is 5.69 Å². The number of aliphatic hydroxyl groups excluding tert-OH is 2. The number of aliphatic hydroxyl groups is 3. The Hall–Kier alpha value is -4.48. The molecule has 0 heterocycles. The van der Waals surface area contributed by atoms with Crippen LogP contribution < -0.4 is 11.1 Å². The first-order chi connectivity index (χ1) is 20.1. The fraction of sp³-hybridized carbons (Fsp3) is 0.375. The van der Waals surface area contributed by atoms with Gasteiger partial charge in [-0.05, 0) is 88.5 Å². The van der Waals surface area contributed by atoms with Gasteiger partial charge in [0.15, 0.2) is 11.4 Å². The van der Waals surface area contributed by atoms with Crippen LogP contribution in [0.15, 0.2) is 64.1 Å². The molecule has 3 aliphatic rings. The SMILES string of the molecule is CN(C)[C@@H]1C(O)=C(C(N)=O)C(=O)[C@@]2(O)C(O)=C3C(=O)c4c(O)ccc(-c5ccc(/N=C\NC(C)(C)C)cc5)c4C[C@H]3C[C@@H]12. The first-order valence-corrected chi connectivity index (χ1v) is 14.0. The second-order valence-electron chi connectivity index (χ2n) is 12.6. The number of phenols is 1. The lowest BCUT2D eigenvalue weighted by molar-refractivity contribution is -0.148. The molecular formula is C32H36N4O7. The number of aliphatic imine (C=N–C) groups is 1. The van der Waals surface area contributed by atoms with Crippen molar-refractivity contribution in [3.05, 3.63) is 70.2 Å². The van der Waals surface area contributed by atoms with Crippen molar-refractivity contribution in [2.45, 2.75) is 50.8 Å². The summed E-state index contributed by atoms with van der Waals surface area (Å²) in [6.45, 7) is 6.07. The fourth-order valence-corrected chi connectivity index (χ4v) is 6.55. The minimum atomic E-state index is -2.67. The van der Waals surface area contributed by atoms with E-state index in [2.05, 4.69) is 10.3 Å². The van der Waals surface area contributed by atoms with Gasteiger partial charge < -0.3 is 31.5 Å². The number of hydrogen-bond acceptors (Lipinski definition) is 9. The largest absolute Gasteiger partial charge is 0.510 e. The summed E-state index contributed by atoms with van der Waals surface area (Å²) in [5, 5.41) is 48.1. The number of phenolic OH excluding ortho intramolecular Hbond substituents is 1. The van der Waals surface area contributed by atoms with Crippen molar-refractivity contribution < 1.29 is 34.8 Å². The van der Waals surface area contributed by atoms with Gasteiger partial charge in [-0.15, -0.1) is 0 Å². The Bertz CT molecular complexity index is 1630. The Morgan fingerprint density at radius 3 is 2.33 bits per heavy atom. The monoisotopic (exact) mass is 588 g/mol. The van der Waals surface area contributed by atoms with Crippen molar-refractivity contribution in [2.24, 2.45) is 22.6 Å². The lowest BCUT2D eigenvalue weighted by Crippen LogP contribution is -2.63. The number of nitrogens with two attached hydrogens (primary N) is 1. The van der Waals surface area contributed by atoms with Crippen LogP contribution in [-0.2, 0) is 16.0 Å². The highest BCUT2D eigenvalue weighted by molar-refractivity contribution is 6.24. The zero-order valence-corrected chi connectivity index (χ0v) is 24.7. The Morgan fingerprint density at radius 2 is 1.74 bits per heavy atom. The number of Topliss-reactive ketones (excluding diaryl/α,β-unsaturated/α-hetero) is 2. The lowest BCUT2D eigenvalue weighted by atomic mass is 9.58. The third-order valence-corrected chi connectivity index (χ3v) is 8.50. The third-order valence-electron chi connectivity index (χ3n) is 8.50. The number of hydrogen-bond donors (Lipinski definition) is 6. The van der Waals surface area contributed by atoms with E-state index in [9.17, 15) is 34.8 Å². The second kappa shape index (κ2) is 10.4. The number of nitrogens with zero attached hydrogens (tertiary/aromatic N) is 2. The minimum absolute atomic E-state index is 0.0231. The van der Waals surface area contributed by atoms with Crippen LogP contribution in [0.5, 0.6) is 5.75 Å². The van der Waals surface area contributed by atoms with Crippen LogP contribution in [0.2, 0.25) is 0 Å². The molecule has 1 amide bonds. The maximum atomic E-state index is 13.9. The fourth-order valence-electron chi connectivity index (χ4n) is 6.55. The molecule has 3 aliphatic carbocycles. The molecule has 0 radical (unpaired) electrons. The van der Waals surface area contributed by atoms with Gasteiger partial charge in [-0.1, -0.05) is 18.2 Å². The summed E-state index contributed by atoms with van der Waals surface area (Å²) in [6.07, 6.45) is 1.86. The zero-order chi connectivity index (χ0) is 31.6. The van der Waals surface area contributed by atoms with Crippen LogP contribution in [-0.4, -0.2) is 80.4 Å². The quantitative estimate of drug-likeness (QED) is 0.174. The Morgan fingerprint density at radius 1 is 1.09 bits per heavy atom. The zero-order valence-electron chi connectivity index (χ0n) is 24.7. The van der Waals surface area contributed by atoms with Crippen molar-refractivity contribution in [3.8, 4) is 16.9 Å². The number of likely N-dealkylation sites (N-methyl/N-ethyl adjacent to an activating group) is 1. The van der Waals surface area contributed by atoms with Gasteiger partial charge in [0.2, 0.25) is 5.78 Å². The number of carbonyl (C=O) groups is 3. The summed E-state index contributed by atoms with van der Waals surface area (Å²) in [5.74, 6) is -6.78. The highest BCUT2D eigenvalue weighted by Crippen LogP contribution is 2.53. The summed E-state index contributed by atoms with van der Waals surface area (Å²) in [6, 6.07) is 9.45. The predicted octanol–water partition coefficient (Wildman–Crippen LogP) is 2.84. The number of amides is 1. The van der Waals surface area contributed by atoms with E-state index in [4.69, 9.17) is 5.73 Å². The number of carbonyl (C=O) groups excluding carboxylic acids is 3. The smallest absolute Gasteiger partial charge is 0.255 e. The molecule has 2 aromatic rings. The van der Waals surface area contributed by atoms with E-state index < -0.39 is 58.0 Å². The van der Waals surface area contributed by atoms with E-state index in [0.717, 1.165) is 5.56 Å². The van der Waals surface area contributed by atoms with Crippen LogP contribution in [0.1, 0.15) is 43.1 Å². The molecule has 11 nitrogen and oxygen atoms in total. The van der Waals surface area contributed by atoms with Crippen LogP contribution in [0.3, 0.4) is 0 Å². The van der Waals surface area contributed by atoms with Crippen LogP contribution >= 0.6 is 0 Å². The molecule has 4 atom stereocenters. The lowest BCUT2D eigenvalue weighted by Gasteiger charge is -2.50. The number of aromatic hydroxyl groups is 1. The highest BCUT2D eigenvalue weighted by Gasteiger charge is 2.63. The van der Waals surface area contributed by atoms with E-state index in [0.29, 0.717) is 16.8 Å². The van der Waals surface area contributed by atoms with E-state index in [1.54, 1.807) is 26.5 Å². The highest BCUT2D eigenvalue weighted by atomic mass is 16.3. The van der Waals surface area contributed by atoms with E-state index in [1.807, 2.05) is 45.0 Å². The van der Waals surface area contributed by atoms with Gasteiger partial charge in [0.25, 0.3) is 5.91 Å². The van der Waals surface area contributed by atoms with Gasteiger partial charge in [-0.3, -0.25) is 19.3 Å². The van der Waals surface area contributed by atoms with Gasteiger partial charge in [0.1, 0.15) is 22.8 Å². The van der Waals surface area contributed by atoms with Crippen molar-refractivity contribution in [2.75, 3.05) is 14.1 Å². The van der Waals surface area contributed by atoms with Crippen LogP contribution in [0, 0.1) is 11.8 Å². The summed E-state index contributed by atoms with van der Waals surface area (Å²) in [7, 11) is 3.19. The molecular weight excluding hydrogens is 552 g/mol.